The molecule has 0 aromatic carbocycles. The standard InChI is InChI=1S/C24H34O7/c1-7-8-17-21-20-16(11-19-23(21,5)31-19)13(2)12-28-24(6,22(20)30-17)18(29-15(4)26)9-10-27-14(3)25/h1,13,16-22H,8-12H2,2-6H3/t13-,16-,17-,18+,19+,20-,21-,22-,23+,24-/m1/s1. The Morgan fingerprint density at radius 2 is 2.00 bits per heavy atom. The largest absolute Gasteiger partial charge is 0.466 e. The number of fused-ring (bicyclic) bond motifs is 2. The van der Waals surface area contributed by atoms with Gasteiger partial charge in [-0.1, -0.05) is 6.92 Å². The normalized spacial score (nSPS) is 46.0. The Hall–Kier alpha value is -1.62. The highest BCUT2D eigenvalue weighted by Crippen LogP contribution is 2.64. The molecule has 0 aromatic heterocycles. The summed E-state index contributed by atoms with van der Waals surface area (Å²) in [5.41, 5.74) is -1.11. The summed E-state index contributed by atoms with van der Waals surface area (Å²) in [7, 11) is 0. The molecule has 172 valence electrons. The summed E-state index contributed by atoms with van der Waals surface area (Å²) < 4.78 is 30.3. The molecule has 1 aliphatic carbocycles. The summed E-state index contributed by atoms with van der Waals surface area (Å²) >= 11 is 0. The Kier molecular flexibility index (Phi) is 5.87. The highest BCUT2D eigenvalue weighted by molar-refractivity contribution is 5.66. The van der Waals surface area contributed by atoms with Crippen LogP contribution < -0.4 is 0 Å². The number of rotatable bonds is 6. The van der Waals surface area contributed by atoms with Gasteiger partial charge in [-0.15, -0.1) is 12.3 Å². The molecule has 0 aromatic rings. The molecule has 0 spiro atoms. The van der Waals surface area contributed by atoms with E-state index in [-0.39, 0.29) is 48.3 Å². The fourth-order valence-corrected chi connectivity index (χ4v) is 6.48. The molecular weight excluding hydrogens is 400 g/mol. The monoisotopic (exact) mass is 434 g/mol. The van der Waals surface area contributed by atoms with Crippen LogP contribution in [0.4, 0.5) is 0 Å². The number of hydrogen-bond acceptors (Lipinski definition) is 7. The predicted octanol–water partition coefficient (Wildman–Crippen LogP) is 2.50. The van der Waals surface area contributed by atoms with Crippen molar-refractivity contribution in [3.8, 4) is 12.3 Å². The van der Waals surface area contributed by atoms with Crippen molar-refractivity contribution in [2.45, 2.75) is 89.5 Å². The molecule has 7 nitrogen and oxygen atoms in total. The fraction of sp³-hybridized carbons (Fsp3) is 0.833. The van der Waals surface area contributed by atoms with E-state index < -0.39 is 17.7 Å². The zero-order chi connectivity index (χ0) is 22.6. The Morgan fingerprint density at radius 1 is 1.26 bits per heavy atom. The average Bonchev–Trinajstić information content (AvgIpc) is 3.23. The van der Waals surface area contributed by atoms with E-state index in [1.165, 1.54) is 13.8 Å². The van der Waals surface area contributed by atoms with Crippen LogP contribution in [0.25, 0.3) is 0 Å². The van der Waals surface area contributed by atoms with Gasteiger partial charge >= 0.3 is 11.9 Å². The van der Waals surface area contributed by atoms with Crippen LogP contribution >= 0.6 is 0 Å². The van der Waals surface area contributed by atoms with Gasteiger partial charge in [0.05, 0.1) is 37.1 Å². The number of hydrogen-bond donors (Lipinski definition) is 0. The smallest absolute Gasteiger partial charge is 0.303 e. The van der Waals surface area contributed by atoms with E-state index in [9.17, 15) is 9.59 Å². The Bertz CT molecular complexity index is 774. The second-order valence-corrected chi connectivity index (χ2v) is 10.00. The second kappa shape index (κ2) is 8.06. The molecular formula is C24H34O7. The first-order valence-corrected chi connectivity index (χ1v) is 11.3. The lowest BCUT2D eigenvalue weighted by atomic mass is 9.60. The van der Waals surface area contributed by atoms with Gasteiger partial charge in [-0.3, -0.25) is 9.59 Å². The van der Waals surface area contributed by atoms with Crippen LogP contribution in [0.2, 0.25) is 0 Å². The minimum absolute atomic E-state index is 0.127. The molecule has 4 rings (SSSR count). The van der Waals surface area contributed by atoms with Gasteiger partial charge in [0, 0.05) is 32.6 Å². The number of ether oxygens (including phenoxy) is 5. The van der Waals surface area contributed by atoms with E-state index >= 15 is 0 Å². The summed E-state index contributed by atoms with van der Waals surface area (Å²) in [6, 6.07) is 0. The highest BCUT2D eigenvalue weighted by atomic mass is 16.6. The quantitative estimate of drug-likeness (QED) is 0.361. The van der Waals surface area contributed by atoms with Crippen molar-refractivity contribution in [1.29, 1.82) is 0 Å². The topological polar surface area (TPSA) is 83.6 Å². The molecule has 4 fully saturated rings. The second-order valence-electron chi connectivity index (χ2n) is 10.00. The third kappa shape index (κ3) is 3.77. The van der Waals surface area contributed by atoms with Gasteiger partial charge in [-0.05, 0) is 38.0 Å². The molecule has 3 aliphatic heterocycles. The molecule has 3 saturated heterocycles. The highest BCUT2D eigenvalue weighted by Gasteiger charge is 2.73. The zero-order valence-corrected chi connectivity index (χ0v) is 19.1. The molecule has 7 heteroatoms. The first kappa shape index (κ1) is 22.6. The molecule has 0 N–H and O–H groups in total. The molecule has 0 amide bonds. The number of carbonyl (C=O) groups is 2. The molecule has 31 heavy (non-hydrogen) atoms. The first-order valence-electron chi connectivity index (χ1n) is 11.3. The van der Waals surface area contributed by atoms with Crippen LogP contribution in [0, 0.1) is 36.0 Å². The number of esters is 2. The number of epoxide rings is 1. The summed E-state index contributed by atoms with van der Waals surface area (Å²) in [5, 5.41) is 0. The maximum Gasteiger partial charge on any atom is 0.303 e. The van der Waals surface area contributed by atoms with Crippen LogP contribution in [0.5, 0.6) is 0 Å². The van der Waals surface area contributed by atoms with Gasteiger partial charge in [0.15, 0.2) is 0 Å². The molecule has 0 bridgehead atoms. The van der Waals surface area contributed by atoms with Crippen molar-refractivity contribution in [3.63, 3.8) is 0 Å². The van der Waals surface area contributed by atoms with Crippen LogP contribution in [-0.4, -0.2) is 60.8 Å². The number of carbonyl (C=O) groups excluding carboxylic acids is 2. The van der Waals surface area contributed by atoms with Gasteiger partial charge in [0.1, 0.15) is 11.7 Å². The molecule has 0 radical (unpaired) electrons. The molecule has 0 unspecified atom stereocenters. The zero-order valence-electron chi connectivity index (χ0n) is 19.1. The summed E-state index contributed by atoms with van der Waals surface area (Å²) in [4.78, 5) is 23.3. The molecule has 3 heterocycles. The first-order chi connectivity index (χ1) is 14.6. The average molecular weight is 435 g/mol. The van der Waals surface area contributed by atoms with Gasteiger partial charge < -0.3 is 23.7 Å². The molecule has 4 aliphatic rings. The molecule has 1 saturated carbocycles. The van der Waals surface area contributed by atoms with Crippen molar-refractivity contribution in [2.24, 2.45) is 23.7 Å². The Morgan fingerprint density at radius 3 is 2.65 bits per heavy atom. The van der Waals surface area contributed by atoms with Crippen LogP contribution in [-0.2, 0) is 33.3 Å². The van der Waals surface area contributed by atoms with Crippen molar-refractivity contribution >= 4 is 11.9 Å². The lowest BCUT2D eigenvalue weighted by Crippen LogP contribution is -2.56. The number of terminal acetylenes is 1. The summed E-state index contributed by atoms with van der Waals surface area (Å²) in [5.74, 6) is 3.06. The van der Waals surface area contributed by atoms with Crippen molar-refractivity contribution in [3.05, 3.63) is 0 Å². The van der Waals surface area contributed by atoms with E-state index in [1.54, 1.807) is 0 Å². The van der Waals surface area contributed by atoms with Crippen LogP contribution in [0.15, 0.2) is 0 Å². The maximum atomic E-state index is 12.0. The Labute approximate surface area is 184 Å². The van der Waals surface area contributed by atoms with Gasteiger partial charge in [0.2, 0.25) is 0 Å². The third-order valence-electron chi connectivity index (χ3n) is 8.01. The fourth-order valence-electron chi connectivity index (χ4n) is 6.48. The third-order valence-corrected chi connectivity index (χ3v) is 8.01. The van der Waals surface area contributed by atoms with E-state index in [4.69, 9.17) is 30.1 Å². The lowest BCUT2D eigenvalue weighted by molar-refractivity contribution is -0.205. The minimum Gasteiger partial charge on any atom is -0.466 e. The van der Waals surface area contributed by atoms with Crippen LogP contribution in [0.3, 0.4) is 0 Å². The SMILES string of the molecule is C#CC[C@H]1O[C@@H]2[C@@H]3[C@H](C[C@@H]4O[C@]4(C)[C@@H]31)[C@H](C)CO[C@]2(C)[C@H](CCOC(C)=O)OC(C)=O. The van der Waals surface area contributed by atoms with Crippen molar-refractivity contribution in [1.82, 2.24) is 0 Å². The van der Waals surface area contributed by atoms with E-state index in [0.717, 1.165) is 6.42 Å². The Balaban J connectivity index is 1.69. The van der Waals surface area contributed by atoms with E-state index in [2.05, 4.69) is 19.8 Å². The van der Waals surface area contributed by atoms with Gasteiger partial charge in [-0.2, -0.15) is 0 Å². The van der Waals surface area contributed by atoms with Crippen molar-refractivity contribution in [2.75, 3.05) is 13.2 Å². The minimum atomic E-state index is -0.890. The van der Waals surface area contributed by atoms with Crippen molar-refractivity contribution < 1.29 is 33.3 Å². The van der Waals surface area contributed by atoms with Gasteiger partial charge in [-0.25, -0.2) is 0 Å². The van der Waals surface area contributed by atoms with Crippen LogP contribution in [0.1, 0.15) is 53.9 Å². The molecule has 10 atom stereocenters. The lowest BCUT2D eigenvalue weighted by Gasteiger charge is -2.43. The summed E-state index contributed by atoms with van der Waals surface area (Å²) in [6.45, 7) is 9.78. The summed E-state index contributed by atoms with van der Waals surface area (Å²) in [6.07, 6.45) is 6.71. The van der Waals surface area contributed by atoms with E-state index in [0.29, 0.717) is 31.3 Å². The van der Waals surface area contributed by atoms with Gasteiger partial charge in [0.25, 0.3) is 0 Å². The maximum absolute atomic E-state index is 12.0. The predicted molar refractivity (Wildman–Crippen MR) is 111 cm³/mol. The van der Waals surface area contributed by atoms with E-state index in [1.807, 2.05) is 6.92 Å².